The summed E-state index contributed by atoms with van der Waals surface area (Å²) in [5.41, 5.74) is -0.723. The lowest BCUT2D eigenvalue weighted by Crippen LogP contribution is -2.49. The highest BCUT2D eigenvalue weighted by Gasteiger charge is 2.68. The number of benzene rings is 4. The van der Waals surface area contributed by atoms with Crippen LogP contribution in [-0.4, -0.2) is 44.9 Å². The lowest BCUT2D eigenvalue weighted by atomic mass is 9.51. The van der Waals surface area contributed by atoms with Crippen LogP contribution in [0.5, 0.6) is 11.5 Å². The number of hydrogen-bond donors (Lipinski definition) is 3. The zero-order valence-corrected chi connectivity index (χ0v) is 27.1. The van der Waals surface area contributed by atoms with Crippen LogP contribution in [0, 0.1) is 34.9 Å². The van der Waals surface area contributed by atoms with Crippen LogP contribution in [0.25, 0.3) is 10.8 Å². The number of hydrogen-bond acceptors (Lipinski definition) is 7. The van der Waals surface area contributed by atoms with E-state index >= 15 is 0 Å². The predicted molar refractivity (Wildman–Crippen MR) is 179 cm³/mol. The summed E-state index contributed by atoms with van der Waals surface area (Å²) in [5, 5.41) is 32.5. The van der Waals surface area contributed by atoms with Gasteiger partial charge in [-0.05, 0) is 72.9 Å². The van der Waals surface area contributed by atoms with E-state index in [9.17, 15) is 43.7 Å². The number of halogens is 2. The van der Waals surface area contributed by atoms with Crippen LogP contribution in [-0.2, 0) is 19.2 Å². The highest BCUT2D eigenvalue weighted by atomic mass is 35.5. The molecular formula is C38H28ClFN2O8. The number of nitrogens with zero attached hydrogens (tertiary/aromatic N) is 2. The summed E-state index contributed by atoms with van der Waals surface area (Å²) in [6.45, 7) is 1.68. The van der Waals surface area contributed by atoms with Crippen molar-refractivity contribution in [3.8, 4) is 11.5 Å². The molecule has 1 saturated carbocycles. The Labute approximate surface area is 289 Å². The van der Waals surface area contributed by atoms with Crippen molar-refractivity contribution >= 4 is 63.3 Å². The number of carbonyl (C=O) groups excluding carboxylic acids is 4. The van der Waals surface area contributed by atoms with Gasteiger partial charge in [-0.2, -0.15) is 0 Å². The van der Waals surface area contributed by atoms with Crippen molar-refractivity contribution in [3.05, 3.63) is 106 Å². The largest absolute Gasteiger partial charge is 0.508 e. The molecule has 0 unspecified atom stereocenters. The van der Waals surface area contributed by atoms with Crippen LogP contribution >= 0.6 is 11.6 Å². The number of fused-ring (bicyclic) bond motifs is 5. The lowest BCUT2D eigenvalue weighted by Gasteiger charge is -2.49. The van der Waals surface area contributed by atoms with E-state index in [-0.39, 0.29) is 35.0 Å². The molecule has 0 aromatic heterocycles. The third-order valence-corrected chi connectivity index (χ3v) is 11.4. The number of amides is 4. The summed E-state index contributed by atoms with van der Waals surface area (Å²) in [6, 6.07) is 17.6. The first-order valence-electron chi connectivity index (χ1n) is 16.0. The van der Waals surface area contributed by atoms with Gasteiger partial charge in [0.1, 0.15) is 22.9 Å². The second-order valence-corrected chi connectivity index (χ2v) is 13.9. The molecule has 0 bridgehead atoms. The fraction of sp³-hybridized carbons (Fsp3) is 0.237. The molecule has 2 saturated heterocycles. The van der Waals surface area contributed by atoms with Gasteiger partial charge in [-0.3, -0.25) is 19.2 Å². The molecule has 252 valence electrons. The van der Waals surface area contributed by atoms with Crippen LogP contribution in [0.15, 0.2) is 84.4 Å². The van der Waals surface area contributed by atoms with E-state index in [0.717, 1.165) is 33.4 Å². The Bertz CT molecular complexity index is 2270. The van der Waals surface area contributed by atoms with Gasteiger partial charge < -0.3 is 15.3 Å². The minimum Gasteiger partial charge on any atom is -0.508 e. The minimum atomic E-state index is -1.47. The summed E-state index contributed by atoms with van der Waals surface area (Å²) < 4.78 is 14.2. The molecule has 6 atom stereocenters. The van der Waals surface area contributed by atoms with E-state index in [0.29, 0.717) is 16.5 Å². The maximum Gasteiger partial charge on any atom is 0.339 e. The molecule has 2 aliphatic carbocycles. The summed E-state index contributed by atoms with van der Waals surface area (Å²) in [6.07, 6.45) is 1.99. The smallest absolute Gasteiger partial charge is 0.339 e. The van der Waals surface area contributed by atoms with Gasteiger partial charge in [-0.1, -0.05) is 53.6 Å². The second kappa shape index (κ2) is 11.0. The van der Waals surface area contributed by atoms with Gasteiger partial charge in [0.05, 0.1) is 39.6 Å². The zero-order chi connectivity index (χ0) is 35.4. The first-order valence-corrected chi connectivity index (χ1v) is 16.4. The van der Waals surface area contributed by atoms with Crippen LogP contribution in [0.2, 0.25) is 5.02 Å². The Morgan fingerprint density at radius 2 is 1.58 bits per heavy atom. The topological polar surface area (TPSA) is 153 Å². The molecule has 50 heavy (non-hydrogen) atoms. The summed E-state index contributed by atoms with van der Waals surface area (Å²) >= 11 is 6.09. The van der Waals surface area contributed by atoms with E-state index in [1.54, 1.807) is 19.1 Å². The Morgan fingerprint density at radius 3 is 2.30 bits per heavy atom. The molecule has 2 heterocycles. The van der Waals surface area contributed by atoms with Crippen molar-refractivity contribution in [2.75, 3.05) is 9.80 Å². The number of rotatable bonds is 4. The molecule has 8 rings (SSSR count). The molecule has 4 aromatic carbocycles. The number of anilines is 2. The van der Waals surface area contributed by atoms with Gasteiger partial charge in [0, 0.05) is 17.5 Å². The standard InChI is InChI=1S/C38H28ClFN2O8/c1-38-25(34(46)42(37(38)50)18-8-12-27(40)26(39)14-18)16-24-21(32(38)31-20-5-3-2-4-17(20)6-13-28(31)43)10-11-23-30(24)35(47)41(33(23)45)19-7-9-22(36(48)49)29(44)15-19/h2-10,12-15,23-25,30,32,43-44H,11,16H2,1H3,(H,48,49)/t23-,24+,25-,30-,32+,38+/m0/s1. The maximum atomic E-state index is 14.7. The summed E-state index contributed by atoms with van der Waals surface area (Å²) in [7, 11) is 0. The number of allylic oxidation sites excluding steroid dienone is 2. The lowest BCUT2D eigenvalue weighted by molar-refractivity contribution is -0.131. The Hall–Kier alpha value is -5.55. The number of carboxylic acids is 1. The molecule has 4 amide bonds. The molecule has 0 radical (unpaired) electrons. The monoisotopic (exact) mass is 694 g/mol. The van der Waals surface area contributed by atoms with Crippen molar-refractivity contribution in [2.24, 2.45) is 29.1 Å². The first kappa shape index (κ1) is 31.7. The SMILES string of the molecule is C[C@@]12C(=O)N(c3ccc(F)c(Cl)c3)C(=O)[C@@H]1C[C@@H]1C(=CC[C@@H]3C(=O)N(c4ccc(C(=O)O)c(O)c4)C(=O)[C@@H]31)[C@@H]2c1c(O)ccc2ccccc12. The average Bonchev–Trinajstić information content (AvgIpc) is 3.45. The van der Waals surface area contributed by atoms with Gasteiger partial charge >= 0.3 is 5.97 Å². The van der Waals surface area contributed by atoms with Crippen LogP contribution in [0.3, 0.4) is 0 Å². The number of carbonyl (C=O) groups is 5. The number of phenols is 2. The molecule has 4 aromatic rings. The number of phenolic OH excluding ortho intramolecular Hbond substituents is 1. The van der Waals surface area contributed by atoms with E-state index in [4.69, 9.17) is 11.6 Å². The Morgan fingerprint density at radius 1 is 0.860 bits per heavy atom. The Kier molecular flexibility index (Phi) is 6.96. The van der Waals surface area contributed by atoms with Gasteiger partial charge in [0.25, 0.3) is 0 Å². The molecular weight excluding hydrogens is 667 g/mol. The molecule has 2 aliphatic heterocycles. The normalized spacial score (nSPS) is 27.3. The van der Waals surface area contributed by atoms with E-state index < -0.39 is 81.7 Å². The highest BCUT2D eigenvalue weighted by molar-refractivity contribution is 6.32. The molecule has 4 aliphatic rings. The average molecular weight is 695 g/mol. The molecule has 3 N–H and O–H groups in total. The van der Waals surface area contributed by atoms with E-state index in [1.165, 1.54) is 24.3 Å². The van der Waals surface area contributed by atoms with Crippen molar-refractivity contribution in [2.45, 2.75) is 25.7 Å². The quantitative estimate of drug-likeness (QED) is 0.169. The summed E-state index contributed by atoms with van der Waals surface area (Å²) in [5.74, 6) is -9.50. The number of carboxylic acid groups (broad SMARTS) is 1. The van der Waals surface area contributed by atoms with Crippen molar-refractivity contribution in [1.82, 2.24) is 0 Å². The van der Waals surface area contributed by atoms with E-state index in [1.807, 2.05) is 24.3 Å². The fourth-order valence-corrected chi connectivity index (χ4v) is 9.05. The van der Waals surface area contributed by atoms with Gasteiger partial charge in [-0.25, -0.2) is 19.0 Å². The number of imide groups is 2. The van der Waals surface area contributed by atoms with Gasteiger partial charge in [0.15, 0.2) is 0 Å². The van der Waals surface area contributed by atoms with Crippen LogP contribution < -0.4 is 9.80 Å². The number of aromatic carboxylic acids is 1. The van der Waals surface area contributed by atoms with E-state index in [2.05, 4.69) is 0 Å². The van der Waals surface area contributed by atoms with Gasteiger partial charge in [0.2, 0.25) is 23.6 Å². The van der Waals surface area contributed by atoms with Crippen molar-refractivity contribution in [3.63, 3.8) is 0 Å². The zero-order valence-electron chi connectivity index (χ0n) is 26.3. The summed E-state index contributed by atoms with van der Waals surface area (Å²) in [4.78, 5) is 70.9. The molecule has 3 fully saturated rings. The minimum absolute atomic E-state index is 0.00818. The molecule has 12 heteroatoms. The second-order valence-electron chi connectivity index (χ2n) is 13.5. The van der Waals surface area contributed by atoms with Crippen molar-refractivity contribution < 1.29 is 43.7 Å². The fourth-order valence-electron chi connectivity index (χ4n) is 8.88. The third-order valence-electron chi connectivity index (χ3n) is 11.1. The van der Waals surface area contributed by atoms with Crippen molar-refractivity contribution in [1.29, 1.82) is 0 Å². The van der Waals surface area contributed by atoms with Gasteiger partial charge in [-0.15, -0.1) is 0 Å². The van der Waals surface area contributed by atoms with Crippen LogP contribution in [0.4, 0.5) is 15.8 Å². The number of aromatic hydroxyl groups is 2. The molecule has 0 spiro atoms. The van der Waals surface area contributed by atoms with Crippen LogP contribution in [0.1, 0.15) is 41.6 Å². The maximum absolute atomic E-state index is 14.7. The molecule has 10 nitrogen and oxygen atoms in total. The Balaban J connectivity index is 1.30. The first-order chi connectivity index (χ1) is 23.8. The third kappa shape index (κ3) is 4.22. The highest BCUT2D eigenvalue weighted by Crippen LogP contribution is 2.65. The predicted octanol–water partition coefficient (Wildman–Crippen LogP) is 6.18.